The summed E-state index contributed by atoms with van der Waals surface area (Å²) in [5.74, 6) is -0.303. The molecular weight excluding hydrogens is 231 g/mol. The Labute approximate surface area is 89.0 Å². The van der Waals surface area contributed by atoms with Crippen LogP contribution in [0.1, 0.15) is 23.6 Å². The van der Waals surface area contributed by atoms with Gasteiger partial charge < -0.3 is 5.73 Å². The average Bonchev–Trinajstić information content (AvgIpc) is 2.71. The van der Waals surface area contributed by atoms with Crippen molar-refractivity contribution in [2.75, 3.05) is 0 Å². The largest absolute Gasteiger partial charge is 0.435 e. The molecule has 1 aromatic rings. The molecule has 0 radical (unpaired) electrons. The smallest absolute Gasteiger partial charge is 0.327 e. The van der Waals surface area contributed by atoms with Crippen LogP contribution in [0.4, 0.5) is 13.2 Å². The summed E-state index contributed by atoms with van der Waals surface area (Å²) in [6, 6.07) is -0.229. The summed E-state index contributed by atoms with van der Waals surface area (Å²) in [5, 5.41) is 3.41. The van der Waals surface area contributed by atoms with Crippen LogP contribution in [-0.4, -0.2) is 15.8 Å². The van der Waals surface area contributed by atoms with Gasteiger partial charge in [-0.05, 0) is 6.42 Å². The van der Waals surface area contributed by atoms with Crippen LogP contribution < -0.4 is 5.73 Å². The first-order chi connectivity index (χ1) is 6.82. The SMILES string of the molecule is Cn1nc(C(F)(F)F)c(C2CC2N)c1Cl. The van der Waals surface area contributed by atoms with Crippen LogP contribution in [0.15, 0.2) is 0 Å². The van der Waals surface area contributed by atoms with Crippen molar-refractivity contribution in [2.45, 2.75) is 24.6 Å². The first kappa shape index (κ1) is 10.8. The minimum absolute atomic E-state index is 0.0280. The van der Waals surface area contributed by atoms with Gasteiger partial charge in [-0.25, -0.2) is 0 Å². The highest BCUT2D eigenvalue weighted by molar-refractivity contribution is 6.30. The Morgan fingerprint density at radius 2 is 2.07 bits per heavy atom. The van der Waals surface area contributed by atoms with E-state index in [1.165, 1.54) is 7.05 Å². The van der Waals surface area contributed by atoms with Crippen LogP contribution in [0.25, 0.3) is 0 Å². The summed E-state index contributed by atoms with van der Waals surface area (Å²) in [6.45, 7) is 0. The molecule has 84 valence electrons. The van der Waals surface area contributed by atoms with E-state index in [0.29, 0.717) is 6.42 Å². The first-order valence-corrected chi connectivity index (χ1v) is 4.75. The molecule has 1 fully saturated rings. The molecule has 1 aromatic heterocycles. The lowest BCUT2D eigenvalue weighted by molar-refractivity contribution is -0.142. The van der Waals surface area contributed by atoms with Gasteiger partial charge in [-0.2, -0.15) is 18.3 Å². The number of nitrogens with two attached hydrogens (primary N) is 1. The molecule has 0 aliphatic heterocycles. The van der Waals surface area contributed by atoms with Crippen LogP contribution in [0, 0.1) is 0 Å². The summed E-state index contributed by atoms with van der Waals surface area (Å²) < 4.78 is 38.8. The monoisotopic (exact) mass is 239 g/mol. The Kier molecular flexibility index (Phi) is 2.24. The topological polar surface area (TPSA) is 43.8 Å². The fraction of sp³-hybridized carbons (Fsp3) is 0.625. The molecule has 1 heterocycles. The highest BCUT2D eigenvalue weighted by Crippen LogP contribution is 2.47. The maximum absolute atomic E-state index is 12.6. The number of alkyl halides is 3. The number of aromatic nitrogens is 2. The molecule has 1 aliphatic rings. The van der Waals surface area contributed by atoms with E-state index >= 15 is 0 Å². The molecule has 3 nitrogen and oxygen atoms in total. The Bertz CT molecular complexity index is 399. The van der Waals surface area contributed by atoms with E-state index in [9.17, 15) is 13.2 Å². The molecule has 1 aliphatic carbocycles. The first-order valence-electron chi connectivity index (χ1n) is 4.37. The van der Waals surface area contributed by atoms with Crippen LogP contribution in [0.3, 0.4) is 0 Å². The van der Waals surface area contributed by atoms with Gasteiger partial charge in [0.1, 0.15) is 5.15 Å². The normalized spacial score (nSPS) is 25.7. The van der Waals surface area contributed by atoms with Crippen molar-refractivity contribution in [3.05, 3.63) is 16.4 Å². The molecule has 0 aromatic carbocycles. The Balaban J connectivity index is 2.50. The molecule has 2 rings (SSSR count). The number of halogens is 4. The van der Waals surface area contributed by atoms with Gasteiger partial charge >= 0.3 is 6.18 Å². The lowest BCUT2D eigenvalue weighted by atomic mass is 10.1. The highest BCUT2D eigenvalue weighted by Gasteiger charge is 2.47. The van der Waals surface area contributed by atoms with Crippen LogP contribution >= 0.6 is 11.6 Å². The van der Waals surface area contributed by atoms with Crippen molar-refractivity contribution >= 4 is 11.6 Å². The molecule has 0 bridgehead atoms. The van der Waals surface area contributed by atoms with Crippen molar-refractivity contribution in [2.24, 2.45) is 12.8 Å². The highest BCUT2D eigenvalue weighted by atomic mass is 35.5. The average molecular weight is 240 g/mol. The van der Waals surface area contributed by atoms with Crippen LogP contribution in [-0.2, 0) is 13.2 Å². The fourth-order valence-corrected chi connectivity index (χ4v) is 1.87. The number of rotatable bonds is 1. The Morgan fingerprint density at radius 1 is 1.53 bits per heavy atom. The zero-order chi connectivity index (χ0) is 11.4. The second kappa shape index (κ2) is 3.12. The molecule has 1 saturated carbocycles. The molecule has 0 saturated heterocycles. The van der Waals surface area contributed by atoms with Crippen molar-refractivity contribution in [1.82, 2.24) is 9.78 Å². The fourth-order valence-electron chi connectivity index (χ4n) is 1.60. The van der Waals surface area contributed by atoms with Crippen molar-refractivity contribution in [3.63, 3.8) is 0 Å². The number of hydrogen-bond acceptors (Lipinski definition) is 2. The predicted octanol–water partition coefficient (Wildman–Crippen LogP) is 1.91. The zero-order valence-corrected chi connectivity index (χ0v) is 8.60. The van der Waals surface area contributed by atoms with Gasteiger partial charge in [-0.15, -0.1) is 0 Å². The molecule has 7 heteroatoms. The Hall–Kier alpha value is -0.750. The predicted molar refractivity (Wildman–Crippen MR) is 48.6 cm³/mol. The summed E-state index contributed by atoms with van der Waals surface area (Å²) in [7, 11) is 1.38. The third-order valence-corrected chi connectivity index (χ3v) is 2.94. The van der Waals surface area contributed by atoms with Crippen molar-refractivity contribution in [1.29, 1.82) is 0 Å². The molecule has 2 atom stereocenters. The summed E-state index contributed by atoms with van der Waals surface area (Å²) in [6.07, 6.45) is -3.93. The van der Waals surface area contributed by atoms with E-state index in [0.717, 1.165) is 4.68 Å². The van der Waals surface area contributed by atoms with Gasteiger partial charge in [0.25, 0.3) is 0 Å². The standard InChI is InChI=1S/C8H9ClF3N3/c1-15-7(9)5(3-2-4(3)13)6(14-15)8(10,11)12/h3-4H,2,13H2,1H3. The maximum atomic E-state index is 12.6. The van der Waals surface area contributed by atoms with E-state index in [1.54, 1.807) is 0 Å². The van der Waals surface area contributed by atoms with Crippen LogP contribution in [0.2, 0.25) is 5.15 Å². The molecular formula is C8H9ClF3N3. The summed E-state index contributed by atoms with van der Waals surface area (Å²) in [4.78, 5) is 0. The summed E-state index contributed by atoms with van der Waals surface area (Å²) >= 11 is 5.77. The third kappa shape index (κ3) is 1.72. The third-order valence-electron chi connectivity index (χ3n) is 2.49. The maximum Gasteiger partial charge on any atom is 0.435 e. The lowest BCUT2D eigenvalue weighted by Crippen LogP contribution is -2.10. The summed E-state index contributed by atoms with van der Waals surface area (Å²) in [5.41, 5.74) is 4.66. The molecule has 15 heavy (non-hydrogen) atoms. The zero-order valence-electron chi connectivity index (χ0n) is 7.85. The van der Waals surface area contributed by atoms with Gasteiger partial charge in [0.2, 0.25) is 0 Å². The van der Waals surface area contributed by atoms with Gasteiger partial charge in [0.15, 0.2) is 5.69 Å². The lowest BCUT2D eigenvalue weighted by Gasteiger charge is -2.05. The van der Waals surface area contributed by atoms with E-state index in [2.05, 4.69) is 5.10 Å². The quantitative estimate of drug-likeness (QED) is 0.814. The van der Waals surface area contributed by atoms with Gasteiger partial charge in [-0.1, -0.05) is 11.6 Å². The van der Waals surface area contributed by atoms with Gasteiger partial charge in [0, 0.05) is 24.6 Å². The number of nitrogens with zero attached hydrogens (tertiary/aromatic N) is 2. The van der Waals surface area contributed by atoms with Crippen molar-refractivity contribution < 1.29 is 13.2 Å². The second-order valence-corrected chi connectivity index (χ2v) is 4.04. The Morgan fingerprint density at radius 3 is 2.47 bits per heavy atom. The minimum Gasteiger partial charge on any atom is -0.327 e. The minimum atomic E-state index is -4.47. The molecule has 0 spiro atoms. The number of aryl methyl sites for hydroxylation is 1. The van der Waals surface area contributed by atoms with E-state index in [-0.39, 0.29) is 22.7 Å². The van der Waals surface area contributed by atoms with E-state index in [1.807, 2.05) is 0 Å². The molecule has 0 amide bonds. The van der Waals surface area contributed by atoms with E-state index < -0.39 is 11.9 Å². The van der Waals surface area contributed by atoms with Gasteiger partial charge in [-0.3, -0.25) is 4.68 Å². The van der Waals surface area contributed by atoms with E-state index in [4.69, 9.17) is 17.3 Å². The second-order valence-electron chi connectivity index (χ2n) is 3.68. The number of hydrogen-bond donors (Lipinski definition) is 1. The van der Waals surface area contributed by atoms with Crippen molar-refractivity contribution in [3.8, 4) is 0 Å². The molecule has 2 unspecified atom stereocenters. The molecule has 2 N–H and O–H groups in total. The van der Waals surface area contributed by atoms with Gasteiger partial charge in [0.05, 0.1) is 0 Å². The van der Waals surface area contributed by atoms with Crippen LogP contribution in [0.5, 0.6) is 0 Å².